The van der Waals surface area contributed by atoms with Gasteiger partial charge in [-0.15, -0.1) is 0 Å². The minimum Gasteiger partial charge on any atom is -0.481 e. The van der Waals surface area contributed by atoms with Gasteiger partial charge in [0.1, 0.15) is 0 Å². The molecule has 1 heterocycles. The van der Waals surface area contributed by atoms with Crippen LogP contribution in [0.5, 0.6) is 0 Å². The number of likely N-dealkylation sites (tertiary alicyclic amines) is 1. The van der Waals surface area contributed by atoms with Crippen LogP contribution in [0.4, 0.5) is 18.9 Å². The van der Waals surface area contributed by atoms with Crippen LogP contribution in [0.1, 0.15) is 5.56 Å². The first-order chi connectivity index (χ1) is 10.7. The van der Waals surface area contributed by atoms with E-state index in [0.29, 0.717) is 5.69 Å². The van der Waals surface area contributed by atoms with Gasteiger partial charge in [-0.25, -0.2) is 0 Å². The predicted molar refractivity (Wildman–Crippen MR) is 76.9 cm³/mol. The lowest BCUT2D eigenvalue weighted by Gasteiger charge is -2.18. The number of aryl methyl sites for hydroxylation is 1. The number of nitrogens with one attached hydrogen (secondary N) is 1. The third kappa shape index (κ3) is 4.22. The Labute approximate surface area is 131 Å². The Morgan fingerprint density at radius 1 is 1.30 bits per heavy atom. The van der Waals surface area contributed by atoms with Gasteiger partial charge in [0, 0.05) is 18.8 Å². The number of anilines is 1. The molecule has 0 aliphatic carbocycles. The average molecular weight is 330 g/mol. The van der Waals surface area contributed by atoms with Crippen molar-refractivity contribution in [3.63, 3.8) is 0 Å². The maximum Gasteiger partial charge on any atom is 0.393 e. The summed E-state index contributed by atoms with van der Waals surface area (Å²) >= 11 is 0. The van der Waals surface area contributed by atoms with Crippen LogP contribution in [-0.4, -0.2) is 47.7 Å². The quantitative estimate of drug-likeness (QED) is 0.887. The number of benzene rings is 1. The number of hydrogen-bond acceptors (Lipinski definition) is 3. The topological polar surface area (TPSA) is 69.6 Å². The molecule has 1 aromatic carbocycles. The normalized spacial score (nSPS) is 22.1. The second kappa shape index (κ2) is 6.57. The van der Waals surface area contributed by atoms with Gasteiger partial charge in [0.05, 0.1) is 18.4 Å². The molecule has 0 saturated carbocycles. The van der Waals surface area contributed by atoms with Crippen molar-refractivity contribution in [2.75, 3.05) is 25.0 Å². The van der Waals surface area contributed by atoms with Gasteiger partial charge in [-0.3, -0.25) is 14.5 Å². The van der Waals surface area contributed by atoms with Crippen LogP contribution in [-0.2, 0) is 9.59 Å². The van der Waals surface area contributed by atoms with Crippen LogP contribution in [0, 0.1) is 18.8 Å². The highest BCUT2D eigenvalue weighted by Crippen LogP contribution is 2.37. The van der Waals surface area contributed by atoms with Crippen molar-refractivity contribution < 1.29 is 27.9 Å². The molecule has 2 N–H and O–H groups in total. The van der Waals surface area contributed by atoms with Crippen molar-refractivity contribution in [3.05, 3.63) is 29.8 Å². The monoisotopic (exact) mass is 330 g/mol. The Balaban J connectivity index is 1.99. The summed E-state index contributed by atoms with van der Waals surface area (Å²) in [5, 5.41) is 11.6. The van der Waals surface area contributed by atoms with Crippen LogP contribution in [0.3, 0.4) is 0 Å². The standard InChI is InChI=1S/C15H17F3N2O3/c1-9-4-2-3-5-12(9)19-13(21)8-20-6-10(14(22)23)11(7-20)15(16,17)18/h2-5,10-11H,6-8H2,1H3,(H,19,21)(H,22,23)/t10-,11-/m1/s1. The average Bonchev–Trinajstić information content (AvgIpc) is 2.85. The highest BCUT2D eigenvalue weighted by atomic mass is 19.4. The fraction of sp³-hybridized carbons (Fsp3) is 0.467. The zero-order valence-electron chi connectivity index (χ0n) is 12.4. The Hall–Kier alpha value is -2.09. The molecule has 1 saturated heterocycles. The van der Waals surface area contributed by atoms with Crippen molar-refractivity contribution in [3.8, 4) is 0 Å². The van der Waals surface area contributed by atoms with E-state index in [1.54, 1.807) is 31.2 Å². The summed E-state index contributed by atoms with van der Waals surface area (Å²) < 4.78 is 38.7. The third-order valence-corrected chi connectivity index (χ3v) is 3.92. The van der Waals surface area contributed by atoms with Gasteiger partial charge < -0.3 is 10.4 Å². The number of hydrogen-bond donors (Lipinski definition) is 2. The van der Waals surface area contributed by atoms with E-state index >= 15 is 0 Å². The van der Waals surface area contributed by atoms with Gasteiger partial charge in [0.15, 0.2) is 0 Å². The largest absolute Gasteiger partial charge is 0.481 e. The molecule has 5 nitrogen and oxygen atoms in total. The summed E-state index contributed by atoms with van der Waals surface area (Å²) in [5.74, 6) is -5.45. The molecule has 1 aliphatic rings. The highest BCUT2D eigenvalue weighted by molar-refractivity contribution is 5.93. The molecule has 126 valence electrons. The first-order valence-electron chi connectivity index (χ1n) is 7.06. The van der Waals surface area contributed by atoms with Crippen LogP contribution in [0.25, 0.3) is 0 Å². The molecule has 1 amide bonds. The second-order valence-electron chi connectivity index (χ2n) is 5.65. The number of para-hydroxylation sites is 1. The molecule has 2 atom stereocenters. The molecular formula is C15H17F3N2O3. The maximum absolute atomic E-state index is 12.9. The fourth-order valence-electron chi connectivity index (χ4n) is 2.70. The number of nitrogens with zero attached hydrogens (tertiary/aromatic N) is 1. The molecule has 0 spiro atoms. The van der Waals surface area contributed by atoms with Crippen molar-refractivity contribution in [1.29, 1.82) is 0 Å². The molecule has 1 aliphatic heterocycles. The first kappa shape index (κ1) is 17.3. The molecule has 8 heteroatoms. The summed E-state index contributed by atoms with van der Waals surface area (Å²) in [6.07, 6.45) is -4.59. The van der Waals surface area contributed by atoms with Gasteiger partial charge in [-0.1, -0.05) is 18.2 Å². The van der Waals surface area contributed by atoms with Gasteiger partial charge in [-0.2, -0.15) is 13.2 Å². The minimum atomic E-state index is -4.59. The SMILES string of the molecule is Cc1ccccc1NC(=O)CN1C[C@@H](C(F)(F)F)[C@H](C(=O)O)C1. The third-order valence-electron chi connectivity index (χ3n) is 3.92. The van der Waals surface area contributed by atoms with E-state index in [1.165, 1.54) is 4.90 Å². The van der Waals surface area contributed by atoms with Crippen molar-refractivity contribution >= 4 is 17.6 Å². The molecular weight excluding hydrogens is 313 g/mol. The lowest BCUT2D eigenvalue weighted by Crippen LogP contribution is -2.34. The van der Waals surface area contributed by atoms with E-state index in [4.69, 9.17) is 5.11 Å². The van der Waals surface area contributed by atoms with E-state index in [2.05, 4.69) is 5.32 Å². The van der Waals surface area contributed by atoms with Gasteiger partial charge in [0.2, 0.25) is 5.91 Å². The Kier molecular flexibility index (Phi) is 4.93. The molecule has 2 rings (SSSR count). The lowest BCUT2D eigenvalue weighted by atomic mass is 9.96. The highest BCUT2D eigenvalue weighted by Gasteiger charge is 2.52. The van der Waals surface area contributed by atoms with Crippen molar-refractivity contribution in [2.24, 2.45) is 11.8 Å². The Morgan fingerprint density at radius 2 is 1.96 bits per heavy atom. The first-order valence-corrected chi connectivity index (χ1v) is 7.06. The summed E-state index contributed by atoms with van der Waals surface area (Å²) in [7, 11) is 0. The zero-order valence-corrected chi connectivity index (χ0v) is 12.4. The summed E-state index contributed by atoms with van der Waals surface area (Å²) in [6, 6.07) is 7.02. The van der Waals surface area contributed by atoms with Crippen LogP contribution in [0.2, 0.25) is 0 Å². The molecule has 1 fully saturated rings. The number of rotatable bonds is 4. The second-order valence-corrected chi connectivity index (χ2v) is 5.65. The lowest BCUT2D eigenvalue weighted by molar-refractivity contribution is -0.188. The van der Waals surface area contributed by atoms with Crippen molar-refractivity contribution in [1.82, 2.24) is 4.90 Å². The predicted octanol–water partition coefficient (Wildman–Crippen LogP) is 2.13. The summed E-state index contributed by atoms with van der Waals surface area (Å²) in [6.45, 7) is 0.749. The number of amides is 1. The summed E-state index contributed by atoms with van der Waals surface area (Å²) in [5.41, 5.74) is 1.41. The van der Waals surface area contributed by atoms with Gasteiger partial charge in [0.25, 0.3) is 0 Å². The van der Waals surface area contributed by atoms with Gasteiger partial charge in [-0.05, 0) is 18.6 Å². The number of alkyl halides is 3. The van der Waals surface area contributed by atoms with Crippen LogP contribution < -0.4 is 5.32 Å². The van der Waals surface area contributed by atoms with Crippen LogP contribution in [0.15, 0.2) is 24.3 Å². The number of carbonyl (C=O) groups excluding carboxylic acids is 1. The summed E-state index contributed by atoms with van der Waals surface area (Å²) in [4.78, 5) is 24.2. The van der Waals surface area contributed by atoms with E-state index in [-0.39, 0.29) is 13.1 Å². The molecule has 0 unspecified atom stereocenters. The number of aliphatic carboxylic acids is 1. The van der Waals surface area contributed by atoms with Gasteiger partial charge >= 0.3 is 12.1 Å². The van der Waals surface area contributed by atoms with Crippen molar-refractivity contribution in [2.45, 2.75) is 13.1 Å². The number of carboxylic acids is 1. The van der Waals surface area contributed by atoms with E-state index in [9.17, 15) is 22.8 Å². The van der Waals surface area contributed by atoms with Crippen LogP contribution >= 0.6 is 0 Å². The molecule has 0 bridgehead atoms. The molecule has 0 aromatic heterocycles. The van der Waals surface area contributed by atoms with E-state index in [0.717, 1.165) is 5.56 Å². The maximum atomic E-state index is 12.9. The number of halogens is 3. The minimum absolute atomic E-state index is 0.273. The number of carbonyl (C=O) groups is 2. The molecule has 0 radical (unpaired) electrons. The fourth-order valence-corrected chi connectivity index (χ4v) is 2.70. The number of carboxylic acid groups (broad SMARTS) is 1. The van der Waals surface area contributed by atoms with E-state index in [1.807, 2.05) is 0 Å². The Morgan fingerprint density at radius 3 is 2.48 bits per heavy atom. The molecule has 23 heavy (non-hydrogen) atoms. The smallest absolute Gasteiger partial charge is 0.393 e. The van der Waals surface area contributed by atoms with E-state index < -0.39 is 36.4 Å². The zero-order chi connectivity index (χ0) is 17.2. The molecule has 1 aromatic rings. The Bertz CT molecular complexity index is 604.